The van der Waals surface area contributed by atoms with Gasteiger partial charge in [0.2, 0.25) is 11.8 Å². The van der Waals surface area contributed by atoms with Gasteiger partial charge in [0.05, 0.1) is 6.42 Å². The van der Waals surface area contributed by atoms with E-state index in [9.17, 15) is 14.0 Å². The van der Waals surface area contributed by atoms with E-state index in [-0.39, 0.29) is 30.1 Å². The molecule has 5 heteroatoms. The van der Waals surface area contributed by atoms with Gasteiger partial charge in [0, 0.05) is 19.1 Å². The van der Waals surface area contributed by atoms with Gasteiger partial charge in [-0.2, -0.15) is 0 Å². The lowest BCUT2D eigenvalue weighted by atomic mass is 10.1. The smallest absolute Gasteiger partial charge is 0.243 e. The Bertz CT molecular complexity index is 530. The quantitative estimate of drug-likeness (QED) is 0.842. The topological polar surface area (TPSA) is 49.4 Å². The predicted octanol–water partition coefficient (Wildman–Crippen LogP) is 1.27. The Morgan fingerprint density at radius 2 is 2.20 bits per heavy atom. The van der Waals surface area contributed by atoms with E-state index < -0.39 is 0 Å². The van der Waals surface area contributed by atoms with E-state index in [1.165, 1.54) is 12.1 Å². The van der Waals surface area contributed by atoms with Crippen LogP contribution in [0.15, 0.2) is 36.9 Å². The minimum Gasteiger partial charge on any atom is -0.348 e. The van der Waals surface area contributed by atoms with E-state index in [0.29, 0.717) is 25.1 Å². The second-order valence-electron chi connectivity index (χ2n) is 4.81. The Labute approximate surface area is 117 Å². The molecule has 0 unspecified atom stereocenters. The SMILES string of the molecule is C=CC(=O)N[C@H]1CCN(C(=O)Cc2ccccc2F)C1. The molecule has 106 valence electrons. The Morgan fingerprint density at radius 3 is 2.90 bits per heavy atom. The predicted molar refractivity (Wildman–Crippen MR) is 73.4 cm³/mol. The molecule has 1 saturated heterocycles. The molecule has 2 rings (SSSR count). The Hall–Kier alpha value is -2.17. The highest BCUT2D eigenvalue weighted by atomic mass is 19.1. The van der Waals surface area contributed by atoms with E-state index in [1.807, 2.05) is 0 Å². The highest BCUT2D eigenvalue weighted by Crippen LogP contribution is 2.13. The first-order valence-electron chi connectivity index (χ1n) is 6.54. The third-order valence-corrected chi connectivity index (χ3v) is 3.37. The highest BCUT2D eigenvalue weighted by Gasteiger charge is 2.27. The number of nitrogens with zero attached hydrogens (tertiary/aromatic N) is 1. The molecular formula is C15H17FN2O2. The van der Waals surface area contributed by atoms with E-state index >= 15 is 0 Å². The van der Waals surface area contributed by atoms with Crippen LogP contribution in [0.3, 0.4) is 0 Å². The molecule has 2 amide bonds. The molecule has 1 aromatic rings. The molecule has 0 aromatic heterocycles. The average Bonchev–Trinajstić information content (AvgIpc) is 2.89. The van der Waals surface area contributed by atoms with Crippen molar-refractivity contribution in [2.24, 2.45) is 0 Å². The van der Waals surface area contributed by atoms with Crippen LogP contribution in [0.25, 0.3) is 0 Å². The summed E-state index contributed by atoms with van der Waals surface area (Å²) in [6.07, 6.45) is 1.97. The molecule has 1 N–H and O–H groups in total. The molecule has 1 aliphatic rings. The number of benzene rings is 1. The molecule has 1 fully saturated rings. The number of likely N-dealkylation sites (tertiary alicyclic amines) is 1. The highest BCUT2D eigenvalue weighted by molar-refractivity contribution is 5.87. The van der Waals surface area contributed by atoms with E-state index in [0.717, 1.165) is 0 Å². The van der Waals surface area contributed by atoms with Crippen LogP contribution >= 0.6 is 0 Å². The summed E-state index contributed by atoms with van der Waals surface area (Å²) in [7, 11) is 0. The summed E-state index contributed by atoms with van der Waals surface area (Å²) in [5.74, 6) is -0.722. The van der Waals surface area contributed by atoms with Crippen molar-refractivity contribution in [1.82, 2.24) is 10.2 Å². The summed E-state index contributed by atoms with van der Waals surface area (Å²) >= 11 is 0. The van der Waals surface area contributed by atoms with Gasteiger partial charge >= 0.3 is 0 Å². The summed E-state index contributed by atoms with van der Waals surface area (Å²) < 4.78 is 13.5. The first kappa shape index (κ1) is 14.2. The number of carbonyl (C=O) groups excluding carboxylic acids is 2. The lowest BCUT2D eigenvalue weighted by molar-refractivity contribution is -0.129. The van der Waals surface area contributed by atoms with E-state index in [4.69, 9.17) is 0 Å². The number of hydrogen-bond acceptors (Lipinski definition) is 2. The third kappa shape index (κ3) is 3.44. The third-order valence-electron chi connectivity index (χ3n) is 3.37. The zero-order valence-electron chi connectivity index (χ0n) is 11.1. The number of halogens is 1. The van der Waals surface area contributed by atoms with Gasteiger partial charge in [-0.25, -0.2) is 4.39 Å². The normalized spacial score (nSPS) is 17.9. The van der Waals surface area contributed by atoms with Crippen molar-refractivity contribution in [3.05, 3.63) is 48.3 Å². The maximum absolute atomic E-state index is 13.5. The largest absolute Gasteiger partial charge is 0.348 e. The van der Waals surface area contributed by atoms with Crippen LogP contribution in [0.5, 0.6) is 0 Å². The van der Waals surface area contributed by atoms with Crippen LogP contribution < -0.4 is 5.32 Å². The fraction of sp³-hybridized carbons (Fsp3) is 0.333. The fourth-order valence-electron chi connectivity index (χ4n) is 2.28. The second-order valence-corrected chi connectivity index (χ2v) is 4.81. The lowest BCUT2D eigenvalue weighted by Crippen LogP contribution is -2.38. The van der Waals surface area contributed by atoms with Crippen molar-refractivity contribution >= 4 is 11.8 Å². The van der Waals surface area contributed by atoms with Crippen molar-refractivity contribution in [3.8, 4) is 0 Å². The summed E-state index contributed by atoms with van der Waals surface area (Å²) in [5.41, 5.74) is 0.399. The Balaban J connectivity index is 1.90. The van der Waals surface area contributed by atoms with Gasteiger partial charge in [-0.1, -0.05) is 24.8 Å². The van der Waals surface area contributed by atoms with Crippen LogP contribution in [0.4, 0.5) is 4.39 Å². The molecule has 0 radical (unpaired) electrons. The van der Waals surface area contributed by atoms with Crippen molar-refractivity contribution in [2.45, 2.75) is 18.9 Å². The summed E-state index contributed by atoms with van der Waals surface area (Å²) in [6.45, 7) is 4.43. The van der Waals surface area contributed by atoms with Crippen molar-refractivity contribution in [2.75, 3.05) is 13.1 Å². The minimum atomic E-state index is -0.364. The zero-order chi connectivity index (χ0) is 14.5. The molecule has 1 aliphatic heterocycles. The van der Waals surface area contributed by atoms with Crippen LogP contribution in [0.2, 0.25) is 0 Å². The molecule has 1 heterocycles. The molecular weight excluding hydrogens is 259 g/mol. The number of carbonyl (C=O) groups is 2. The fourth-order valence-corrected chi connectivity index (χ4v) is 2.28. The van der Waals surface area contributed by atoms with Crippen LogP contribution in [-0.2, 0) is 16.0 Å². The average molecular weight is 276 g/mol. The second kappa shape index (κ2) is 6.32. The maximum Gasteiger partial charge on any atom is 0.243 e. The van der Waals surface area contributed by atoms with E-state index in [2.05, 4.69) is 11.9 Å². The van der Waals surface area contributed by atoms with Crippen molar-refractivity contribution in [1.29, 1.82) is 0 Å². The number of rotatable bonds is 4. The molecule has 1 atom stereocenters. The van der Waals surface area contributed by atoms with Gasteiger partial charge in [0.1, 0.15) is 5.82 Å². The van der Waals surface area contributed by atoms with E-state index in [1.54, 1.807) is 23.1 Å². The lowest BCUT2D eigenvalue weighted by Gasteiger charge is -2.17. The summed E-state index contributed by atoms with van der Waals surface area (Å²) in [5, 5.41) is 2.76. The number of hydrogen-bond donors (Lipinski definition) is 1. The number of amides is 2. The van der Waals surface area contributed by atoms with Gasteiger partial charge in [0.25, 0.3) is 0 Å². The number of nitrogens with one attached hydrogen (secondary N) is 1. The summed E-state index contributed by atoms with van der Waals surface area (Å²) in [6, 6.07) is 6.22. The van der Waals surface area contributed by atoms with Crippen molar-refractivity contribution < 1.29 is 14.0 Å². The standard InChI is InChI=1S/C15H17FN2O2/c1-2-14(19)17-12-7-8-18(10-12)15(20)9-11-5-3-4-6-13(11)16/h2-6,12H,1,7-10H2,(H,17,19)/t12-/m0/s1. The molecule has 1 aromatic carbocycles. The van der Waals surface area contributed by atoms with Crippen LogP contribution in [-0.4, -0.2) is 35.8 Å². The maximum atomic E-state index is 13.5. The van der Waals surface area contributed by atoms with Crippen LogP contribution in [0, 0.1) is 5.82 Å². The Morgan fingerprint density at radius 1 is 1.45 bits per heavy atom. The minimum absolute atomic E-state index is 0.0504. The first-order chi connectivity index (χ1) is 9.60. The van der Waals surface area contributed by atoms with Gasteiger partial charge in [-0.3, -0.25) is 9.59 Å². The first-order valence-corrected chi connectivity index (χ1v) is 6.54. The molecule has 0 bridgehead atoms. The van der Waals surface area contributed by atoms with Gasteiger partial charge in [-0.05, 0) is 24.1 Å². The Kier molecular flexibility index (Phi) is 4.50. The molecule has 4 nitrogen and oxygen atoms in total. The van der Waals surface area contributed by atoms with Gasteiger partial charge in [0.15, 0.2) is 0 Å². The molecule has 20 heavy (non-hydrogen) atoms. The molecule has 0 aliphatic carbocycles. The van der Waals surface area contributed by atoms with Gasteiger partial charge < -0.3 is 10.2 Å². The summed E-state index contributed by atoms with van der Waals surface area (Å²) in [4.78, 5) is 24.9. The van der Waals surface area contributed by atoms with Crippen molar-refractivity contribution in [3.63, 3.8) is 0 Å². The monoisotopic (exact) mass is 276 g/mol. The van der Waals surface area contributed by atoms with Crippen LogP contribution in [0.1, 0.15) is 12.0 Å². The molecule has 0 spiro atoms. The molecule has 0 saturated carbocycles. The van der Waals surface area contributed by atoms with Gasteiger partial charge in [-0.15, -0.1) is 0 Å². The zero-order valence-corrected chi connectivity index (χ0v) is 11.1.